The highest BCUT2D eigenvalue weighted by Gasteiger charge is 2.51. The fourth-order valence-corrected chi connectivity index (χ4v) is 3.65. The lowest BCUT2D eigenvalue weighted by atomic mass is 9.95. The smallest absolute Gasteiger partial charge is 0.354 e. The molecule has 2 heterocycles. The van der Waals surface area contributed by atoms with Crippen molar-refractivity contribution in [1.29, 1.82) is 0 Å². The van der Waals surface area contributed by atoms with Crippen LogP contribution in [0.15, 0.2) is 54.9 Å². The Labute approximate surface area is 198 Å². The van der Waals surface area contributed by atoms with Crippen molar-refractivity contribution in [3.05, 3.63) is 83.2 Å². The summed E-state index contributed by atoms with van der Waals surface area (Å²) in [5.41, 5.74) is -0.135. The average Bonchev–Trinajstić information content (AvgIpc) is 3.60. The fraction of sp³-hybridized carbons (Fsp3) is 0.280. The summed E-state index contributed by atoms with van der Waals surface area (Å²) in [6.45, 7) is 1.93. The first-order valence-electron chi connectivity index (χ1n) is 10.9. The van der Waals surface area contributed by atoms with E-state index in [-0.39, 0.29) is 36.0 Å². The summed E-state index contributed by atoms with van der Waals surface area (Å²) in [5, 5.41) is 5.39. The SMILES string of the molecule is Cc1ccc(C(=O)CC2(C(=O)NCc3ccc(Nc4ccc(F)cc4C(F)(F)F)cn3)CC2)cn1. The number of rotatable bonds is 8. The summed E-state index contributed by atoms with van der Waals surface area (Å²) in [5.74, 6) is -1.37. The second-order valence-corrected chi connectivity index (χ2v) is 8.60. The minimum atomic E-state index is -4.72. The number of amides is 1. The van der Waals surface area contributed by atoms with E-state index in [1.54, 1.807) is 18.2 Å². The first-order valence-corrected chi connectivity index (χ1v) is 10.9. The molecule has 0 atom stereocenters. The molecule has 1 aliphatic rings. The minimum Gasteiger partial charge on any atom is -0.354 e. The largest absolute Gasteiger partial charge is 0.418 e. The zero-order valence-electron chi connectivity index (χ0n) is 18.7. The van der Waals surface area contributed by atoms with Crippen LogP contribution < -0.4 is 10.6 Å². The Morgan fingerprint density at radius 1 is 1.03 bits per heavy atom. The third-order valence-electron chi connectivity index (χ3n) is 5.89. The van der Waals surface area contributed by atoms with Gasteiger partial charge in [0.1, 0.15) is 5.82 Å². The van der Waals surface area contributed by atoms with Gasteiger partial charge in [0.05, 0.1) is 40.8 Å². The van der Waals surface area contributed by atoms with Crippen molar-refractivity contribution in [2.75, 3.05) is 5.32 Å². The summed E-state index contributed by atoms with van der Waals surface area (Å²) < 4.78 is 52.8. The minimum absolute atomic E-state index is 0.0963. The Bertz CT molecular complexity index is 1240. The Kier molecular flexibility index (Phi) is 6.56. The van der Waals surface area contributed by atoms with Gasteiger partial charge in [-0.05, 0) is 62.2 Å². The number of alkyl halides is 3. The highest BCUT2D eigenvalue weighted by atomic mass is 19.4. The van der Waals surface area contributed by atoms with Gasteiger partial charge in [-0.25, -0.2) is 4.39 Å². The van der Waals surface area contributed by atoms with Crippen LogP contribution in [0.1, 0.15) is 46.6 Å². The normalized spacial score (nSPS) is 14.3. The molecular formula is C25H22F4N4O2. The molecule has 2 N–H and O–H groups in total. The molecule has 1 saturated carbocycles. The monoisotopic (exact) mass is 486 g/mol. The molecule has 1 amide bonds. The molecule has 35 heavy (non-hydrogen) atoms. The van der Waals surface area contributed by atoms with Crippen molar-refractivity contribution in [2.24, 2.45) is 5.41 Å². The van der Waals surface area contributed by atoms with Crippen molar-refractivity contribution >= 4 is 23.1 Å². The zero-order chi connectivity index (χ0) is 25.2. The number of carbonyl (C=O) groups is 2. The topological polar surface area (TPSA) is 84.0 Å². The van der Waals surface area contributed by atoms with Crippen LogP contribution in [0, 0.1) is 18.2 Å². The number of aryl methyl sites for hydroxylation is 1. The van der Waals surface area contributed by atoms with E-state index in [1.165, 1.54) is 18.5 Å². The van der Waals surface area contributed by atoms with Gasteiger partial charge < -0.3 is 10.6 Å². The van der Waals surface area contributed by atoms with Crippen LogP contribution in [0.5, 0.6) is 0 Å². The number of anilines is 2. The Hall–Kier alpha value is -3.82. The van der Waals surface area contributed by atoms with Crippen molar-refractivity contribution in [3.8, 4) is 0 Å². The number of halogens is 4. The molecule has 2 aromatic heterocycles. The number of hydrogen-bond donors (Lipinski definition) is 2. The predicted octanol–water partition coefficient (Wildman–Crippen LogP) is 5.36. The van der Waals surface area contributed by atoms with Crippen molar-refractivity contribution < 1.29 is 27.2 Å². The van der Waals surface area contributed by atoms with Crippen molar-refractivity contribution in [2.45, 2.75) is 38.9 Å². The summed E-state index contributed by atoms with van der Waals surface area (Å²) in [6.07, 6.45) is -0.573. The third kappa shape index (κ3) is 5.82. The number of benzene rings is 1. The standard InChI is InChI=1S/C25H22F4N4O2/c1-15-2-3-16(12-30-15)22(34)11-24(8-9-24)23(35)32-13-18-5-6-19(14-31-18)33-21-7-4-17(26)10-20(21)25(27,28)29/h2-7,10,12,14,33H,8-9,11,13H2,1H3,(H,32,35). The zero-order valence-corrected chi connectivity index (χ0v) is 18.7. The molecule has 10 heteroatoms. The lowest BCUT2D eigenvalue weighted by Gasteiger charge is -2.16. The molecule has 0 unspecified atom stereocenters. The number of nitrogens with zero attached hydrogens (tertiary/aromatic N) is 2. The van der Waals surface area contributed by atoms with Crippen LogP contribution in [-0.2, 0) is 17.5 Å². The van der Waals surface area contributed by atoms with E-state index in [0.29, 0.717) is 30.2 Å². The molecule has 1 fully saturated rings. The van der Waals surface area contributed by atoms with Crippen LogP contribution in [0.4, 0.5) is 28.9 Å². The van der Waals surface area contributed by atoms with E-state index in [9.17, 15) is 27.2 Å². The fourth-order valence-electron chi connectivity index (χ4n) is 3.65. The summed E-state index contributed by atoms with van der Waals surface area (Å²) in [4.78, 5) is 33.6. The van der Waals surface area contributed by atoms with Gasteiger partial charge in [0.15, 0.2) is 5.78 Å². The quantitative estimate of drug-likeness (QED) is 0.331. The van der Waals surface area contributed by atoms with Gasteiger partial charge in [-0.1, -0.05) is 0 Å². The molecule has 1 aromatic carbocycles. The van der Waals surface area contributed by atoms with Crippen LogP contribution in [-0.4, -0.2) is 21.7 Å². The van der Waals surface area contributed by atoms with Gasteiger partial charge in [0.25, 0.3) is 0 Å². The lowest BCUT2D eigenvalue weighted by Crippen LogP contribution is -2.33. The van der Waals surface area contributed by atoms with Gasteiger partial charge in [0, 0.05) is 23.9 Å². The maximum absolute atomic E-state index is 13.3. The second-order valence-electron chi connectivity index (χ2n) is 8.60. The van der Waals surface area contributed by atoms with Gasteiger partial charge >= 0.3 is 6.18 Å². The van der Waals surface area contributed by atoms with Crippen LogP contribution in [0.3, 0.4) is 0 Å². The maximum Gasteiger partial charge on any atom is 0.418 e. The van der Waals surface area contributed by atoms with Crippen LogP contribution in [0.25, 0.3) is 0 Å². The number of hydrogen-bond acceptors (Lipinski definition) is 5. The summed E-state index contributed by atoms with van der Waals surface area (Å²) in [7, 11) is 0. The lowest BCUT2D eigenvalue weighted by molar-refractivity contribution is -0.137. The number of Topliss-reactive ketones (excluding diaryl/α,β-unsaturated/α-hetero) is 1. The summed E-state index contributed by atoms with van der Waals surface area (Å²) in [6, 6.07) is 8.88. The second kappa shape index (κ2) is 9.44. The van der Waals surface area contributed by atoms with E-state index in [2.05, 4.69) is 20.6 Å². The molecule has 1 aliphatic carbocycles. The highest BCUT2D eigenvalue weighted by Crippen LogP contribution is 2.49. The van der Waals surface area contributed by atoms with Gasteiger partial charge in [-0.2, -0.15) is 13.2 Å². The van der Waals surface area contributed by atoms with Crippen molar-refractivity contribution in [1.82, 2.24) is 15.3 Å². The van der Waals surface area contributed by atoms with Crippen molar-refractivity contribution in [3.63, 3.8) is 0 Å². The molecule has 0 bridgehead atoms. The van der Waals surface area contributed by atoms with E-state index in [4.69, 9.17) is 0 Å². The summed E-state index contributed by atoms with van der Waals surface area (Å²) >= 11 is 0. The molecule has 3 aromatic rings. The van der Waals surface area contributed by atoms with E-state index >= 15 is 0 Å². The molecule has 0 aliphatic heterocycles. The Morgan fingerprint density at radius 3 is 2.40 bits per heavy atom. The molecule has 0 spiro atoms. The van der Waals surface area contributed by atoms with Gasteiger partial charge in [-0.15, -0.1) is 0 Å². The number of ketones is 1. The molecule has 0 radical (unpaired) electrons. The molecular weight excluding hydrogens is 464 g/mol. The van der Waals surface area contributed by atoms with Crippen LogP contribution >= 0.6 is 0 Å². The number of nitrogens with one attached hydrogen (secondary N) is 2. The number of carbonyl (C=O) groups excluding carboxylic acids is 2. The van der Waals surface area contributed by atoms with E-state index in [0.717, 1.165) is 17.8 Å². The molecule has 182 valence electrons. The van der Waals surface area contributed by atoms with E-state index in [1.807, 2.05) is 6.92 Å². The number of pyridine rings is 2. The van der Waals surface area contributed by atoms with Crippen LogP contribution in [0.2, 0.25) is 0 Å². The maximum atomic E-state index is 13.3. The average molecular weight is 486 g/mol. The molecule has 6 nitrogen and oxygen atoms in total. The first-order chi connectivity index (χ1) is 16.6. The highest BCUT2D eigenvalue weighted by molar-refractivity contribution is 6.00. The predicted molar refractivity (Wildman–Crippen MR) is 120 cm³/mol. The Morgan fingerprint density at radius 2 is 1.80 bits per heavy atom. The number of aromatic nitrogens is 2. The first kappa shape index (κ1) is 24.3. The van der Waals surface area contributed by atoms with Gasteiger partial charge in [0.2, 0.25) is 5.91 Å². The van der Waals surface area contributed by atoms with Gasteiger partial charge in [-0.3, -0.25) is 19.6 Å². The molecule has 0 saturated heterocycles. The Balaban J connectivity index is 1.34. The third-order valence-corrected chi connectivity index (χ3v) is 5.89. The van der Waals surface area contributed by atoms with E-state index < -0.39 is 23.0 Å². The molecule has 4 rings (SSSR count).